The zero-order chi connectivity index (χ0) is 13.9. The average Bonchev–Trinajstić information content (AvgIpc) is 2.47. The highest BCUT2D eigenvalue weighted by Gasteiger charge is 2.11. The molecule has 2 aromatic rings. The summed E-state index contributed by atoms with van der Waals surface area (Å²) in [6, 6.07) is 10.2. The van der Waals surface area contributed by atoms with Crippen molar-refractivity contribution in [1.29, 1.82) is 0 Å². The van der Waals surface area contributed by atoms with Gasteiger partial charge < -0.3 is 10.5 Å². The molecule has 3 rings (SSSR count). The molecule has 0 radical (unpaired) electrons. The molecule has 1 aliphatic carbocycles. The minimum absolute atomic E-state index is 0.0103. The Balaban J connectivity index is 1.82. The zero-order valence-electron chi connectivity index (χ0n) is 11.8. The summed E-state index contributed by atoms with van der Waals surface area (Å²) >= 11 is 0. The van der Waals surface area contributed by atoms with Crippen LogP contribution in [0.5, 0.6) is 11.6 Å². The number of hydrogen-bond donors (Lipinski definition) is 1. The number of aromatic nitrogens is 1. The van der Waals surface area contributed by atoms with Crippen molar-refractivity contribution in [1.82, 2.24) is 4.98 Å². The van der Waals surface area contributed by atoms with E-state index in [-0.39, 0.29) is 6.04 Å². The van der Waals surface area contributed by atoms with Gasteiger partial charge in [-0.25, -0.2) is 4.98 Å². The van der Waals surface area contributed by atoms with E-state index in [4.69, 9.17) is 10.5 Å². The van der Waals surface area contributed by atoms with Gasteiger partial charge in [0.2, 0.25) is 5.88 Å². The van der Waals surface area contributed by atoms with Crippen LogP contribution in [0.1, 0.15) is 42.5 Å². The maximum atomic E-state index is 5.88. The van der Waals surface area contributed by atoms with Crippen LogP contribution in [0.4, 0.5) is 0 Å². The van der Waals surface area contributed by atoms with Gasteiger partial charge in [0.05, 0.1) is 0 Å². The van der Waals surface area contributed by atoms with Gasteiger partial charge in [-0.15, -0.1) is 0 Å². The summed E-state index contributed by atoms with van der Waals surface area (Å²) < 4.78 is 5.87. The molecule has 1 aliphatic rings. The van der Waals surface area contributed by atoms with Gasteiger partial charge in [-0.2, -0.15) is 0 Å². The molecule has 0 amide bonds. The van der Waals surface area contributed by atoms with E-state index in [1.165, 1.54) is 30.4 Å². The maximum absolute atomic E-state index is 5.88. The van der Waals surface area contributed by atoms with Crippen molar-refractivity contribution in [3.8, 4) is 11.6 Å². The predicted octanol–water partition coefficient (Wildman–Crippen LogP) is 3.77. The van der Waals surface area contributed by atoms with Gasteiger partial charge >= 0.3 is 0 Å². The Kier molecular flexibility index (Phi) is 3.70. The lowest BCUT2D eigenvalue weighted by Gasteiger charge is -2.16. The van der Waals surface area contributed by atoms with E-state index in [0.717, 1.165) is 17.7 Å². The third-order valence-electron chi connectivity index (χ3n) is 3.83. The Morgan fingerprint density at radius 2 is 1.90 bits per heavy atom. The fraction of sp³-hybridized carbons (Fsp3) is 0.353. The second kappa shape index (κ2) is 5.63. The number of ether oxygens (including phenoxy) is 1. The Labute approximate surface area is 119 Å². The molecule has 0 aliphatic heterocycles. The molecule has 104 valence electrons. The van der Waals surface area contributed by atoms with E-state index < -0.39 is 0 Å². The second-order valence-electron chi connectivity index (χ2n) is 5.46. The number of nitrogens with zero attached hydrogens (tertiary/aromatic N) is 1. The first-order valence-corrected chi connectivity index (χ1v) is 7.23. The monoisotopic (exact) mass is 268 g/mol. The zero-order valence-corrected chi connectivity index (χ0v) is 11.8. The average molecular weight is 268 g/mol. The minimum Gasteiger partial charge on any atom is -0.439 e. The van der Waals surface area contributed by atoms with Crippen molar-refractivity contribution in [2.24, 2.45) is 5.73 Å². The first kappa shape index (κ1) is 13.1. The molecule has 1 aromatic heterocycles. The smallest absolute Gasteiger partial charge is 0.219 e. The lowest BCUT2D eigenvalue weighted by molar-refractivity contribution is 0.460. The highest BCUT2D eigenvalue weighted by molar-refractivity contribution is 5.39. The molecule has 0 saturated carbocycles. The number of aryl methyl sites for hydroxylation is 2. The van der Waals surface area contributed by atoms with Crippen molar-refractivity contribution in [2.45, 2.75) is 38.6 Å². The van der Waals surface area contributed by atoms with Crippen molar-refractivity contribution >= 4 is 0 Å². The normalized spacial score (nSPS) is 15.5. The van der Waals surface area contributed by atoms with Gasteiger partial charge in [0.25, 0.3) is 0 Å². The quantitative estimate of drug-likeness (QED) is 0.921. The Morgan fingerprint density at radius 3 is 2.70 bits per heavy atom. The van der Waals surface area contributed by atoms with Gasteiger partial charge in [-0.05, 0) is 67.5 Å². The fourth-order valence-electron chi connectivity index (χ4n) is 2.66. The van der Waals surface area contributed by atoms with Gasteiger partial charge in [0.15, 0.2) is 0 Å². The van der Waals surface area contributed by atoms with Gasteiger partial charge in [-0.3, -0.25) is 0 Å². The van der Waals surface area contributed by atoms with Crippen LogP contribution in [0.25, 0.3) is 0 Å². The molecule has 1 heterocycles. The van der Waals surface area contributed by atoms with Crippen LogP contribution in [-0.4, -0.2) is 4.98 Å². The number of benzene rings is 1. The molecule has 2 N–H and O–H groups in total. The second-order valence-corrected chi connectivity index (χ2v) is 5.46. The SMILES string of the molecule is C[C@@H](N)c1ccnc(Oc2ccc3c(c2)CCCC3)c1. The van der Waals surface area contributed by atoms with Crippen LogP contribution in [0, 0.1) is 0 Å². The van der Waals surface area contributed by atoms with E-state index >= 15 is 0 Å². The van der Waals surface area contributed by atoms with Crippen LogP contribution in [0.15, 0.2) is 36.5 Å². The molecule has 0 fully saturated rings. The summed E-state index contributed by atoms with van der Waals surface area (Å²) in [6.07, 6.45) is 6.65. The van der Waals surface area contributed by atoms with Crippen LogP contribution in [0.2, 0.25) is 0 Å². The molecule has 1 atom stereocenters. The van der Waals surface area contributed by atoms with Gasteiger partial charge in [0.1, 0.15) is 5.75 Å². The van der Waals surface area contributed by atoms with Crippen molar-refractivity contribution in [2.75, 3.05) is 0 Å². The van der Waals surface area contributed by atoms with Crippen LogP contribution < -0.4 is 10.5 Å². The molecular weight excluding hydrogens is 248 g/mol. The lowest BCUT2D eigenvalue weighted by atomic mass is 9.92. The fourth-order valence-corrected chi connectivity index (χ4v) is 2.66. The summed E-state index contributed by atoms with van der Waals surface area (Å²) in [5.74, 6) is 1.47. The standard InChI is InChI=1S/C17H20N2O/c1-12(18)14-8-9-19-17(11-14)20-16-7-6-13-4-2-3-5-15(13)10-16/h6-12H,2-5,18H2,1H3/t12-/m1/s1. The van der Waals surface area contributed by atoms with E-state index in [9.17, 15) is 0 Å². The predicted molar refractivity (Wildman–Crippen MR) is 80.0 cm³/mol. The summed E-state index contributed by atoms with van der Waals surface area (Å²) in [5.41, 5.74) is 9.79. The molecule has 0 unspecified atom stereocenters. The number of rotatable bonds is 3. The van der Waals surface area contributed by atoms with Gasteiger partial charge in [0, 0.05) is 18.3 Å². The molecule has 3 nitrogen and oxygen atoms in total. The molecular formula is C17H20N2O. The Morgan fingerprint density at radius 1 is 1.10 bits per heavy atom. The number of nitrogens with two attached hydrogens (primary N) is 1. The first-order chi connectivity index (χ1) is 9.72. The van der Waals surface area contributed by atoms with E-state index in [1.807, 2.05) is 25.1 Å². The van der Waals surface area contributed by atoms with Crippen LogP contribution in [0.3, 0.4) is 0 Å². The molecule has 0 spiro atoms. The molecule has 3 heteroatoms. The summed E-state index contributed by atoms with van der Waals surface area (Å²) in [5, 5.41) is 0. The summed E-state index contributed by atoms with van der Waals surface area (Å²) in [4.78, 5) is 4.25. The van der Waals surface area contributed by atoms with Crippen molar-refractivity contribution in [3.63, 3.8) is 0 Å². The van der Waals surface area contributed by atoms with E-state index in [1.54, 1.807) is 6.20 Å². The maximum Gasteiger partial charge on any atom is 0.219 e. The van der Waals surface area contributed by atoms with Crippen LogP contribution >= 0.6 is 0 Å². The highest BCUT2D eigenvalue weighted by atomic mass is 16.5. The van der Waals surface area contributed by atoms with Crippen molar-refractivity contribution in [3.05, 3.63) is 53.2 Å². The number of fused-ring (bicyclic) bond motifs is 1. The Hall–Kier alpha value is -1.87. The summed E-state index contributed by atoms with van der Waals surface area (Å²) in [6.45, 7) is 1.96. The van der Waals surface area contributed by atoms with E-state index in [0.29, 0.717) is 5.88 Å². The minimum atomic E-state index is -0.0103. The molecule has 0 saturated heterocycles. The highest BCUT2D eigenvalue weighted by Crippen LogP contribution is 2.28. The van der Waals surface area contributed by atoms with Crippen LogP contribution in [-0.2, 0) is 12.8 Å². The Bertz CT molecular complexity index is 608. The third-order valence-corrected chi connectivity index (χ3v) is 3.83. The lowest BCUT2D eigenvalue weighted by Crippen LogP contribution is -2.05. The topological polar surface area (TPSA) is 48.1 Å². The van der Waals surface area contributed by atoms with Gasteiger partial charge in [-0.1, -0.05) is 6.07 Å². The molecule has 20 heavy (non-hydrogen) atoms. The first-order valence-electron chi connectivity index (χ1n) is 7.23. The third kappa shape index (κ3) is 2.83. The molecule has 0 bridgehead atoms. The number of hydrogen-bond acceptors (Lipinski definition) is 3. The largest absolute Gasteiger partial charge is 0.439 e. The van der Waals surface area contributed by atoms with E-state index in [2.05, 4.69) is 17.1 Å². The molecule has 1 aromatic carbocycles. The van der Waals surface area contributed by atoms with Crippen molar-refractivity contribution < 1.29 is 4.74 Å². The number of pyridine rings is 1. The summed E-state index contributed by atoms with van der Waals surface area (Å²) in [7, 11) is 0.